The van der Waals surface area contributed by atoms with E-state index in [4.69, 9.17) is 4.74 Å². The van der Waals surface area contributed by atoms with Crippen molar-refractivity contribution in [2.24, 2.45) is 0 Å². The molecule has 4 rings (SSSR count). The molecule has 0 aliphatic carbocycles. The molecule has 2 aromatic carbocycles. The maximum Gasteiger partial charge on any atom is 0.337 e. The first-order valence-corrected chi connectivity index (χ1v) is 8.62. The number of benzene rings is 2. The Bertz CT molecular complexity index is 934. The van der Waals surface area contributed by atoms with Crippen molar-refractivity contribution in [1.82, 2.24) is 0 Å². The van der Waals surface area contributed by atoms with E-state index in [9.17, 15) is 9.59 Å². The Kier molecular flexibility index (Phi) is 3.76. The van der Waals surface area contributed by atoms with Gasteiger partial charge < -0.3 is 4.74 Å². The quantitative estimate of drug-likeness (QED) is 0.859. The summed E-state index contributed by atoms with van der Waals surface area (Å²) in [6.45, 7) is 6.48. The van der Waals surface area contributed by atoms with Gasteiger partial charge in [-0.05, 0) is 62.2 Å². The van der Waals surface area contributed by atoms with Crippen LogP contribution in [0.3, 0.4) is 0 Å². The molecule has 2 heterocycles. The maximum absolute atomic E-state index is 13.1. The zero-order chi connectivity index (χ0) is 18.4. The molecule has 6 nitrogen and oxygen atoms in total. The first kappa shape index (κ1) is 16.3. The lowest BCUT2D eigenvalue weighted by atomic mass is 10.1. The normalized spacial score (nSPS) is 18.2. The van der Waals surface area contributed by atoms with Crippen molar-refractivity contribution in [2.75, 3.05) is 16.4 Å². The second kappa shape index (κ2) is 5.98. The van der Waals surface area contributed by atoms with Crippen LogP contribution in [0.25, 0.3) is 0 Å². The fourth-order valence-corrected chi connectivity index (χ4v) is 3.34. The number of aryl methyl sites for hydroxylation is 2. The van der Waals surface area contributed by atoms with Crippen molar-refractivity contribution in [3.63, 3.8) is 0 Å². The van der Waals surface area contributed by atoms with Gasteiger partial charge in [0.15, 0.2) is 12.3 Å². The number of hydrogen-bond donors (Lipinski definition) is 1. The molecule has 0 spiro atoms. The smallest absolute Gasteiger partial charge is 0.337 e. The fourth-order valence-electron chi connectivity index (χ4n) is 3.34. The summed E-state index contributed by atoms with van der Waals surface area (Å²) in [4.78, 5) is 31.9. The first-order chi connectivity index (χ1) is 12.5. The second-order valence-corrected chi connectivity index (χ2v) is 6.46. The lowest BCUT2D eigenvalue weighted by Gasteiger charge is -2.22. The van der Waals surface area contributed by atoms with Crippen LogP contribution in [0.4, 0.5) is 21.9 Å². The highest BCUT2D eigenvalue weighted by molar-refractivity contribution is 6.33. The molecule has 26 heavy (non-hydrogen) atoms. The number of amides is 3. The molecule has 1 saturated heterocycles. The number of anilines is 2. The molecule has 2 aliphatic rings. The van der Waals surface area contributed by atoms with Crippen LogP contribution in [0.5, 0.6) is 5.75 Å². The van der Waals surface area contributed by atoms with Crippen LogP contribution in [-0.4, -0.2) is 30.8 Å². The second-order valence-electron chi connectivity index (χ2n) is 6.46. The number of urea groups is 1. The van der Waals surface area contributed by atoms with E-state index < -0.39 is 6.04 Å². The molecule has 1 unspecified atom stereocenters. The van der Waals surface area contributed by atoms with E-state index in [1.54, 1.807) is 35.4 Å². The van der Waals surface area contributed by atoms with Crippen molar-refractivity contribution in [2.45, 2.75) is 26.8 Å². The SMILES string of the molecule is CCOc1ccc(N2C(=O)C3C=[NH+]c4cc(C)c(C)cc4N3C2=O)cc1. The number of carbonyl (C=O) groups is 2. The van der Waals surface area contributed by atoms with Gasteiger partial charge in [0.1, 0.15) is 11.4 Å². The first-order valence-electron chi connectivity index (χ1n) is 8.62. The van der Waals surface area contributed by atoms with Crippen molar-refractivity contribution in [3.05, 3.63) is 47.5 Å². The Morgan fingerprint density at radius 1 is 1.08 bits per heavy atom. The predicted molar refractivity (Wildman–Crippen MR) is 99.4 cm³/mol. The van der Waals surface area contributed by atoms with Gasteiger partial charge in [0.25, 0.3) is 5.91 Å². The van der Waals surface area contributed by atoms with Gasteiger partial charge in [0.2, 0.25) is 5.69 Å². The average molecular weight is 350 g/mol. The number of imide groups is 1. The van der Waals surface area contributed by atoms with E-state index in [1.165, 1.54) is 4.90 Å². The third-order valence-corrected chi connectivity index (χ3v) is 4.82. The van der Waals surface area contributed by atoms with Crippen LogP contribution in [0.1, 0.15) is 18.1 Å². The van der Waals surface area contributed by atoms with Gasteiger partial charge in [0.05, 0.1) is 12.3 Å². The molecule has 0 bridgehead atoms. The number of carbonyl (C=O) groups excluding carboxylic acids is 2. The topological polar surface area (TPSA) is 63.8 Å². The van der Waals surface area contributed by atoms with Gasteiger partial charge in [-0.2, -0.15) is 0 Å². The molecule has 0 aromatic heterocycles. The summed E-state index contributed by atoms with van der Waals surface area (Å²) < 4.78 is 5.43. The van der Waals surface area contributed by atoms with Gasteiger partial charge in [-0.15, -0.1) is 0 Å². The summed E-state index contributed by atoms with van der Waals surface area (Å²) in [6, 6.07) is 9.94. The Balaban J connectivity index is 1.73. The van der Waals surface area contributed by atoms with Crippen molar-refractivity contribution in [1.29, 1.82) is 0 Å². The molecule has 2 aromatic rings. The largest absolute Gasteiger partial charge is 0.494 e. The molecule has 3 amide bonds. The summed E-state index contributed by atoms with van der Waals surface area (Å²) in [7, 11) is 0. The van der Waals surface area contributed by atoms with Crippen LogP contribution in [0.2, 0.25) is 0 Å². The van der Waals surface area contributed by atoms with E-state index in [2.05, 4.69) is 4.99 Å². The highest BCUT2D eigenvalue weighted by Crippen LogP contribution is 2.35. The Hall–Kier alpha value is -3.15. The van der Waals surface area contributed by atoms with Gasteiger partial charge in [-0.25, -0.2) is 14.7 Å². The van der Waals surface area contributed by atoms with E-state index in [0.717, 1.165) is 22.5 Å². The van der Waals surface area contributed by atoms with E-state index in [1.807, 2.05) is 32.9 Å². The number of nitrogens with one attached hydrogen (secondary N) is 1. The van der Waals surface area contributed by atoms with Gasteiger partial charge in [0, 0.05) is 6.07 Å². The summed E-state index contributed by atoms with van der Waals surface area (Å²) >= 11 is 0. The fraction of sp³-hybridized carbons (Fsp3) is 0.250. The summed E-state index contributed by atoms with van der Waals surface area (Å²) in [6.07, 6.45) is 1.67. The monoisotopic (exact) mass is 350 g/mol. The zero-order valence-electron chi connectivity index (χ0n) is 14.9. The molecule has 2 aliphatic heterocycles. The van der Waals surface area contributed by atoms with Crippen molar-refractivity contribution in [3.8, 4) is 5.75 Å². The summed E-state index contributed by atoms with van der Waals surface area (Å²) in [5, 5.41) is 0. The standard InChI is InChI=1S/C20H19N3O3/c1-4-26-15-7-5-14(6-8-15)22-19(24)18-11-21-16-9-12(2)13(3)10-17(16)23(18)20(22)25/h5-11,18H,4H2,1-3H3/p+1. The van der Waals surface area contributed by atoms with Crippen molar-refractivity contribution < 1.29 is 19.3 Å². The summed E-state index contributed by atoms with van der Waals surface area (Å²) in [5.41, 5.74) is 4.30. The number of ether oxygens (including phenoxy) is 1. The predicted octanol–water partition coefficient (Wildman–Crippen LogP) is 1.84. The minimum absolute atomic E-state index is 0.268. The zero-order valence-corrected chi connectivity index (χ0v) is 14.9. The third kappa shape index (κ3) is 2.37. The Morgan fingerprint density at radius 3 is 2.46 bits per heavy atom. The number of hydrogen-bond acceptors (Lipinski definition) is 3. The molecular formula is C20H20N3O3+. The molecular weight excluding hydrogens is 330 g/mol. The Morgan fingerprint density at radius 2 is 1.77 bits per heavy atom. The minimum atomic E-state index is -0.649. The molecule has 132 valence electrons. The van der Waals surface area contributed by atoms with Crippen molar-refractivity contribution >= 4 is 35.2 Å². The van der Waals surface area contributed by atoms with Crippen LogP contribution in [0, 0.1) is 13.8 Å². The molecule has 0 radical (unpaired) electrons. The lowest BCUT2D eigenvalue weighted by molar-refractivity contribution is -0.350. The lowest BCUT2D eigenvalue weighted by Crippen LogP contribution is -2.69. The molecule has 6 heteroatoms. The highest BCUT2D eigenvalue weighted by Gasteiger charge is 2.50. The molecule has 1 atom stereocenters. The van der Waals surface area contributed by atoms with E-state index in [0.29, 0.717) is 18.0 Å². The van der Waals surface area contributed by atoms with Crippen LogP contribution >= 0.6 is 0 Å². The molecule has 0 saturated carbocycles. The maximum atomic E-state index is 13.1. The minimum Gasteiger partial charge on any atom is -0.494 e. The van der Waals surface area contributed by atoms with Gasteiger partial charge in [-0.3, -0.25) is 9.69 Å². The highest BCUT2D eigenvalue weighted by atomic mass is 16.5. The summed E-state index contributed by atoms with van der Waals surface area (Å²) in [5.74, 6) is 0.438. The number of rotatable bonds is 3. The molecule has 1 N–H and O–H groups in total. The number of fused-ring (bicyclic) bond motifs is 3. The molecule has 1 fully saturated rings. The van der Waals surface area contributed by atoms with E-state index in [-0.39, 0.29) is 11.9 Å². The Labute approximate surface area is 151 Å². The average Bonchev–Trinajstić information content (AvgIpc) is 2.88. The van der Waals surface area contributed by atoms with Crippen LogP contribution < -0.4 is 19.5 Å². The van der Waals surface area contributed by atoms with Gasteiger partial charge >= 0.3 is 6.03 Å². The third-order valence-electron chi connectivity index (χ3n) is 4.82. The number of nitrogens with zero attached hydrogens (tertiary/aromatic N) is 2. The van der Waals surface area contributed by atoms with Gasteiger partial charge in [-0.1, -0.05) is 0 Å². The van der Waals surface area contributed by atoms with E-state index >= 15 is 0 Å². The van der Waals surface area contributed by atoms with Crippen LogP contribution in [-0.2, 0) is 4.79 Å². The van der Waals surface area contributed by atoms with Crippen LogP contribution in [0.15, 0.2) is 36.4 Å².